The lowest BCUT2D eigenvalue weighted by molar-refractivity contribution is -0.132. The smallest absolute Gasteiger partial charge is 0.331 e. The molecule has 0 aromatic carbocycles. The van der Waals surface area contributed by atoms with Gasteiger partial charge in [0.25, 0.3) is 0 Å². The Morgan fingerprint density at radius 2 is 2.00 bits per heavy atom. The quantitative estimate of drug-likeness (QED) is 0.619. The topological polar surface area (TPSA) is 57.5 Å². The summed E-state index contributed by atoms with van der Waals surface area (Å²) in [5.74, 6) is -0.840. The van der Waals surface area contributed by atoms with E-state index >= 15 is 0 Å². The van der Waals surface area contributed by atoms with E-state index in [1.807, 2.05) is 13.8 Å². The highest BCUT2D eigenvalue weighted by Crippen LogP contribution is 2.13. The highest BCUT2D eigenvalue weighted by Gasteiger charge is 2.07. The third-order valence-electron chi connectivity index (χ3n) is 1.84. The summed E-state index contributed by atoms with van der Waals surface area (Å²) in [7, 11) is 0. The number of allylic oxidation sites excluding steroid dienone is 1. The monoisotopic (exact) mass is 172 g/mol. The van der Waals surface area contributed by atoms with Crippen LogP contribution < -0.4 is 0 Å². The molecule has 2 N–H and O–H groups in total. The minimum absolute atomic E-state index is 0.119. The number of aliphatic hydroxyl groups is 1. The number of carbonyl (C=O) groups is 1. The van der Waals surface area contributed by atoms with Crippen molar-refractivity contribution in [3.8, 4) is 0 Å². The van der Waals surface area contributed by atoms with Crippen LogP contribution in [0.25, 0.3) is 0 Å². The largest absolute Gasteiger partial charge is 0.478 e. The van der Waals surface area contributed by atoms with Crippen molar-refractivity contribution in [1.29, 1.82) is 0 Å². The first-order valence-electron chi connectivity index (χ1n) is 4.16. The molecule has 0 heterocycles. The van der Waals surface area contributed by atoms with E-state index in [1.165, 1.54) is 0 Å². The Kier molecular flexibility index (Phi) is 5.37. The van der Waals surface area contributed by atoms with E-state index in [9.17, 15) is 4.79 Å². The molecular formula is C9H16O3. The number of hydrogen-bond acceptors (Lipinski definition) is 2. The van der Waals surface area contributed by atoms with E-state index in [4.69, 9.17) is 10.2 Å². The minimum atomic E-state index is -0.840. The van der Waals surface area contributed by atoms with Gasteiger partial charge in [-0.2, -0.15) is 0 Å². The van der Waals surface area contributed by atoms with E-state index in [0.29, 0.717) is 24.8 Å². The second-order valence-electron chi connectivity index (χ2n) is 2.74. The van der Waals surface area contributed by atoms with Gasteiger partial charge in [-0.25, -0.2) is 4.79 Å². The number of rotatable bonds is 5. The van der Waals surface area contributed by atoms with Crippen LogP contribution in [0.3, 0.4) is 0 Å². The van der Waals surface area contributed by atoms with Gasteiger partial charge in [-0.05, 0) is 26.2 Å². The molecule has 0 saturated carbocycles. The molecule has 0 radical (unpaired) electrons. The van der Waals surface area contributed by atoms with Crippen LogP contribution in [0.1, 0.15) is 33.1 Å². The van der Waals surface area contributed by atoms with Gasteiger partial charge in [-0.1, -0.05) is 12.5 Å². The predicted octanol–water partition coefficient (Wildman–Crippen LogP) is 1.57. The number of hydrogen-bond donors (Lipinski definition) is 2. The summed E-state index contributed by atoms with van der Waals surface area (Å²) in [4.78, 5) is 10.6. The van der Waals surface area contributed by atoms with E-state index in [2.05, 4.69) is 0 Å². The lowest BCUT2D eigenvalue weighted by Crippen LogP contribution is -2.02. The molecule has 0 aliphatic rings. The van der Waals surface area contributed by atoms with Crippen LogP contribution in [0, 0.1) is 0 Å². The summed E-state index contributed by atoms with van der Waals surface area (Å²) in [6.07, 6.45) is 1.86. The molecule has 0 aliphatic heterocycles. The Morgan fingerprint density at radius 3 is 2.33 bits per heavy atom. The summed E-state index contributed by atoms with van der Waals surface area (Å²) in [5.41, 5.74) is 1.35. The SMILES string of the molecule is CCC(C(=O)O)=C(C)CCCO. The van der Waals surface area contributed by atoms with Crippen LogP contribution in [0.2, 0.25) is 0 Å². The van der Waals surface area contributed by atoms with Crippen LogP contribution in [-0.2, 0) is 4.79 Å². The standard InChI is InChI=1S/C9H16O3/c1-3-8(9(11)12)7(2)5-4-6-10/h10H,3-6H2,1-2H3,(H,11,12). The van der Waals surface area contributed by atoms with E-state index in [-0.39, 0.29) is 6.61 Å². The average Bonchev–Trinajstić information content (AvgIpc) is 2.01. The van der Waals surface area contributed by atoms with Gasteiger partial charge < -0.3 is 10.2 Å². The average molecular weight is 172 g/mol. The molecule has 0 aliphatic carbocycles. The van der Waals surface area contributed by atoms with Crippen molar-refractivity contribution >= 4 is 5.97 Å². The van der Waals surface area contributed by atoms with Crippen LogP contribution in [-0.4, -0.2) is 22.8 Å². The van der Waals surface area contributed by atoms with Crippen molar-refractivity contribution in [2.24, 2.45) is 0 Å². The van der Waals surface area contributed by atoms with Gasteiger partial charge in [0.15, 0.2) is 0 Å². The third kappa shape index (κ3) is 3.53. The van der Waals surface area contributed by atoms with Gasteiger partial charge in [-0.15, -0.1) is 0 Å². The maximum absolute atomic E-state index is 10.6. The van der Waals surface area contributed by atoms with E-state index in [0.717, 1.165) is 5.57 Å². The van der Waals surface area contributed by atoms with Crippen LogP contribution >= 0.6 is 0 Å². The molecule has 0 fully saturated rings. The first kappa shape index (κ1) is 11.2. The summed E-state index contributed by atoms with van der Waals surface area (Å²) in [6.45, 7) is 3.75. The lowest BCUT2D eigenvalue weighted by Gasteiger charge is -2.04. The molecule has 0 spiro atoms. The Hall–Kier alpha value is -0.830. The number of carboxylic acids is 1. The molecule has 0 bridgehead atoms. The molecule has 0 saturated heterocycles. The Balaban J connectivity index is 4.27. The molecule has 70 valence electrons. The summed E-state index contributed by atoms with van der Waals surface area (Å²) in [6, 6.07) is 0. The van der Waals surface area contributed by atoms with Crippen molar-refractivity contribution in [2.45, 2.75) is 33.1 Å². The van der Waals surface area contributed by atoms with Crippen molar-refractivity contribution in [2.75, 3.05) is 6.61 Å². The highest BCUT2D eigenvalue weighted by atomic mass is 16.4. The zero-order valence-electron chi connectivity index (χ0n) is 7.63. The summed E-state index contributed by atoms with van der Waals surface area (Å²) >= 11 is 0. The number of aliphatic hydroxyl groups excluding tert-OH is 1. The molecular weight excluding hydrogens is 156 g/mol. The van der Waals surface area contributed by atoms with Gasteiger partial charge in [0.05, 0.1) is 0 Å². The van der Waals surface area contributed by atoms with Crippen LogP contribution in [0.5, 0.6) is 0 Å². The Bertz CT molecular complexity index is 182. The number of aliphatic carboxylic acids is 1. The molecule has 0 unspecified atom stereocenters. The molecule has 3 heteroatoms. The maximum atomic E-state index is 10.6. The lowest BCUT2D eigenvalue weighted by atomic mass is 10.0. The van der Waals surface area contributed by atoms with Gasteiger partial charge >= 0.3 is 5.97 Å². The first-order valence-corrected chi connectivity index (χ1v) is 4.16. The zero-order chi connectivity index (χ0) is 9.56. The Labute approximate surface area is 72.7 Å². The van der Waals surface area contributed by atoms with E-state index < -0.39 is 5.97 Å². The maximum Gasteiger partial charge on any atom is 0.331 e. The zero-order valence-corrected chi connectivity index (χ0v) is 7.63. The van der Waals surface area contributed by atoms with Crippen LogP contribution in [0.15, 0.2) is 11.1 Å². The fourth-order valence-electron chi connectivity index (χ4n) is 1.13. The molecule has 0 rings (SSSR count). The van der Waals surface area contributed by atoms with Crippen molar-refractivity contribution in [3.63, 3.8) is 0 Å². The molecule has 0 amide bonds. The third-order valence-corrected chi connectivity index (χ3v) is 1.84. The van der Waals surface area contributed by atoms with Crippen molar-refractivity contribution in [3.05, 3.63) is 11.1 Å². The second kappa shape index (κ2) is 5.77. The summed E-state index contributed by atoms with van der Waals surface area (Å²) in [5, 5.41) is 17.3. The summed E-state index contributed by atoms with van der Waals surface area (Å²) < 4.78 is 0. The molecule has 12 heavy (non-hydrogen) atoms. The van der Waals surface area contributed by atoms with Crippen molar-refractivity contribution < 1.29 is 15.0 Å². The van der Waals surface area contributed by atoms with Gasteiger partial charge in [0, 0.05) is 12.2 Å². The highest BCUT2D eigenvalue weighted by molar-refractivity contribution is 5.87. The van der Waals surface area contributed by atoms with Gasteiger partial charge in [0.1, 0.15) is 0 Å². The van der Waals surface area contributed by atoms with Gasteiger partial charge in [-0.3, -0.25) is 0 Å². The second-order valence-corrected chi connectivity index (χ2v) is 2.74. The van der Waals surface area contributed by atoms with Gasteiger partial charge in [0.2, 0.25) is 0 Å². The first-order chi connectivity index (χ1) is 5.63. The van der Waals surface area contributed by atoms with E-state index in [1.54, 1.807) is 0 Å². The minimum Gasteiger partial charge on any atom is -0.478 e. The fraction of sp³-hybridized carbons (Fsp3) is 0.667. The molecule has 0 aromatic rings. The molecule has 0 atom stereocenters. The fourth-order valence-corrected chi connectivity index (χ4v) is 1.13. The Morgan fingerprint density at radius 1 is 1.42 bits per heavy atom. The molecule has 0 aromatic heterocycles. The number of carboxylic acid groups (broad SMARTS) is 1. The van der Waals surface area contributed by atoms with Crippen LogP contribution in [0.4, 0.5) is 0 Å². The predicted molar refractivity (Wildman–Crippen MR) is 46.9 cm³/mol. The molecule has 3 nitrogen and oxygen atoms in total. The normalized spacial score (nSPS) is 12.6. The van der Waals surface area contributed by atoms with Crippen molar-refractivity contribution in [1.82, 2.24) is 0 Å².